The van der Waals surface area contributed by atoms with Crippen LogP contribution in [0.5, 0.6) is 0 Å². The highest BCUT2D eigenvalue weighted by molar-refractivity contribution is 5.96. The quantitative estimate of drug-likeness (QED) is 0.531. The van der Waals surface area contributed by atoms with Crippen molar-refractivity contribution < 1.29 is 9.90 Å². The van der Waals surface area contributed by atoms with Crippen molar-refractivity contribution in [3.63, 3.8) is 0 Å². The molecule has 0 aromatic carbocycles. The normalized spacial score (nSPS) is 14.6. The largest absolute Gasteiger partial charge is 0.396 e. The van der Waals surface area contributed by atoms with Crippen LogP contribution < -0.4 is 11.1 Å². The molecule has 0 aliphatic heterocycles. The molecule has 1 heterocycles. The van der Waals surface area contributed by atoms with Gasteiger partial charge in [0.25, 0.3) is 5.91 Å². The van der Waals surface area contributed by atoms with Crippen molar-refractivity contribution in [2.24, 2.45) is 0 Å². The molecule has 0 aliphatic carbocycles. The van der Waals surface area contributed by atoms with Gasteiger partial charge in [-0.15, -0.1) is 0 Å². The Hall–Kier alpha value is -1.60. The van der Waals surface area contributed by atoms with Crippen LogP contribution in [0, 0.1) is 0 Å². The zero-order chi connectivity index (χ0) is 13.1. The minimum absolute atomic E-state index is 0.141. The molecule has 1 amide bonds. The Morgan fingerprint density at radius 2 is 2.35 bits per heavy atom. The third-order valence-corrected chi connectivity index (χ3v) is 2.18. The first kappa shape index (κ1) is 13.5. The predicted octanol–water partition coefficient (Wildman–Crippen LogP) is -0.966. The Morgan fingerprint density at radius 3 is 2.82 bits per heavy atom. The van der Waals surface area contributed by atoms with Crippen molar-refractivity contribution in [3.8, 4) is 0 Å². The molecule has 0 saturated carbocycles. The Labute approximate surface area is 100.0 Å². The molecule has 0 bridgehead atoms. The molecule has 1 atom stereocenters. The van der Waals surface area contributed by atoms with Gasteiger partial charge < -0.3 is 21.1 Å². The molecule has 7 heteroatoms. The topological polar surface area (TPSA) is 107 Å². The summed E-state index contributed by atoms with van der Waals surface area (Å²) in [4.78, 5) is 13.5. The first-order valence-electron chi connectivity index (χ1n) is 5.26. The summed E-state index contributed by atoms with van der Waals surface area (Å²) < 4.78 is 0. The van der Waals surface area contributed by atoms with Crippen molar-refractivity contribution in [2.45, 2.75) is 12.5 Å². The Bertz CT molecular complexity index is 386. The molecule has 0 saturated heterocycles. The van der Waals surface area contributed by atoms with Gasteiger partial charge in [-0.2, -0.15) is 5.10 Å². The van der Waals surface area contributed by atoms with Gasteiger partial charge in [0.1, 0.15) is 5.69 Å². The lowest BCUT2D eigenvalue weighted by Gasteiger charge is -2.26. The zero-order valence-electron chi connectivity index (χ0n) is 10.3. The van der Waals surface area contributed by atoms with E-state index in [4.69, 9.17) is 5.73 Å². The fraction of sp³-hybridized carbons (Fsp3) is 0.600. The van der Waals surface area contributed by atoms with E-state index in [-0.39, 0.29) is 23.8 Å². The molecule has 0 radical (unpaired) electrons. The molecule has 0 aliphatic rings. The van der Waals surface area contributed by atoms with Gasteiger partial charge in [-0.1, -0.05) is 0 Å². The fourth-order valence-electron chi connectivity index (χ4n) is 1.57. The van der Waals surface area contributed by atoms with E-state index in [9.17, 15) is 9.90 Å². The van der Waals surface area contributed by atoms with E-state index in [1.54, 1.807) is 6.92 Å². The smallest absolute Gasteiger partial charge is 0.271 e. The summed E-state index contributed by atoms with van der Waals surface area (Å²) in [6.45, 7) is 2.25. The number of nitrogens with zero attached hydrogens (tertiary/aromatic N) is 2. The second-order valence-electron chi connectivity index (χ2n) is 4.62. The van der Waals surface area contributed by atoms with Crippen LogP contribution in [-0.2, 0) is 0 Å². The average molecular weight is 241 g/mol. The van der Waals surface area contributed by atoms with Crippen LogP contribution in [0.2, 0.25) is 0 Å². The van der Waals surface area contributed by atoms with Gasteiger partial charge in [0.2, 0.25) is 0 Å². The lowest BCUT2D eigenvalue weighted by molar-refractivity contribution is 0.0325. The minimum atomic E-state index is -0.992. The number of carbonyl (C=O) groups excluding carboxylic acids is 1. The van der Waals surface area contributed by atoms with E-state index in [0.29, 0.717) is 6.54 Å². The van der Waals surface area contributed by atoms with Crippen LogP contribution in [-0.4, -0.2) is 58.9 Å². The highest BCUT2D eigenvalue weighted by Crippen LogP contribution is 2.07. The molecule has 7 nitrogen and oxygen atoms in total. The second-order valence-corrected chi connectivity index (χ2v) is 4.62. The maximum atomic E-state index is 11.7. The third kappa shape index (κ3) is 4.04. The van der Waals surface area contributed by atoms with Crippen LogP contribution in [0.1, 0.15) is 17.4 Å². The summed E-state index contributed by atoms with van der Waals surface area (Å²) in [7, 11) is 3.70. The van der Waals surface area contributed by atoms with Crippen LogP contribution in [0.25, 0.3) is 0 Å². The summed E-state index contributed by atoms with van der Waals surface area (Å²) in [5.41, 5.74) is 5.04. The van der Waals surface area contributed by atoms with Crippen LogP contribution >= 0.6 is 0 Å². The lowest BCUT2D eigenvalue weighted by atomic mass is 10.1. The van der Waals surface area contributed by atoms with E-state index in [1.807, 2.05) is 19.0 Å². The number of rotatable bonds is 5. The molecular formula is C10H19N5O2. The molecule has 1 aromatic rings. The first-order chi connectivity index (χ1) is 7.82. The molecule has 1 aromatic heterocycles. The number of nitrogen functional groups attached to an aromatic ring is 1. The van der Waals surface area contributed by atoms with Gasteiger partial charge in [0.15, 0.2) is 0 Å². The highest BCUT2D eigenvalue weighted by Gasteiger charge is 2.23. The van der Waals surface area contributed by atoms with E-state index in [2.05, 4.69) is 15.5 Å². The summed E-state index contributed by atoms with van der Waals surface area (Å²) >= 11 is 0. The number of hydrogen-bond donors (Lipinski definition) is 4. The third-order valence-electron chi connectivity index (χ3n) is 2.18. The van der Waals surface area contributed by atoms with Crippen molar-refractivity contribution in [3.05, 3.63) is 11.9 Å². The minimum Gasteiger partial charge on any atom is -0.396 e. The molecule has 17 heavy (non-hydrogen) atoms. The summed E-state index contributed by atoms with van der Waals surface area (Å²) in [5, 5.41) is 18.7. The molecule has 0 spiro atoms. The highest BCUT2D eigenvalue weighted by atomic mass is 16.3. The molecule has 5 N–H and O–H groups in total. The number of amides is 1. The van der Waals surface area contributed by atoms with E-state index < -0.39 is 5.60 Å². The van der Waals surface area contributed by atoms with Crippen molar-refractivity contribution >= 4 is 11.6 Å². The van der Waals surface area contributed by atoms with Gasteiger partial charge in [0.05, 0.1) is 17.5 Å². The molecule has 0 fully saturated rings. The van der Waals surface area contributed by atoms with Crippen molar-refractivity contribution in [1.82, 2.24) is 20.4 Å². The van der Waals surface area contributed by atoms with Crippen molar-refractivity contribution in [2.75, 3.05) is 32.9 Å². The number of likely N-dealkylation sites (N-methyl/N-ethyl adjacent to an activating group) is 1. The van der Waals surface area contributed by atoms with Crippen LogP contribution in [0.4, 0.5) is 5.69 Å². The standard InChI is InChI=1S/C10H19N5O2/c1-10(17,6-15(2)3)5-12-9(16)8-7(11)4-13-14-8/h4,17H,5-6,11H2,1-3H3,(H,12,16)(H,13,14). The Balaban J connectivity index is 2.51. The number of nitrogens with one attached hydrogen (secondary N) is 2. The van der Waals surface area contributed by atoms with Gasteiger partial charge >= 0.3 is 0 Å². The number of aliphatic hydroxyl groups is 1. The van der Waals surface area contributed by atoms with Crippen molar-refractivity contribution in [1.29, 1.82) is 0 Å². The maximum Gasteiger partial charge on any atom is 0.271 e. The number of aromatic amines is 1. The summed E-state index contributed by atoms with van der Waals surface area (Å²) in [6.07, 6.45) is 1.37. The number of carbonyl (C=O) groups is 1. The average Bonchev–Trinajstić information content (AvgIpc) is 2.59. The molecule has 96 valence electrons. The number of aromatic nitrogens is 2. The molecule has 1 rings (SSSR count). The summed E-state index contributed by atoms with van der Waals surface area (Å²) in [5.74, 6) is -0.376. The SMILES string of the molecule is CN(C)CC(C)(O)CNC(=O)c1[nH]ncc1N. The van der Waals surface area contributed by atoms with Gasteiger partial charge in [-0.3, -0.25) is 9.89 Å². The monoisotopic (exact) mass is 241 g/mol. The molecular weight excluding hydrogens is 222 g/mol. The van der Waals surface area contributed by atoms with Crippen LogP contribution in [0.15, 0.2) is 6.20 Å². The zero-order valence-corrected chi connectivity index (χ0v) is 10.3. The summed E-state index contributed by atoms with van der Waals surface area (Å²) in [6, 6.07) is 0. The lowest BCUT2D eigenvalue weighted by Crippen LogP contribution is -2.47. The molecule has 1 unspecified atom stereocenters. The number of anilines is 1. The first-order valence-corrected chi connectivity index (χ1v) is 5.26. The number of nitrogens with two attached hydrogens (primary N) is 1. The predicted molar refractivity (Wildman–Crippen MR) is 64.5 cm³/mol. The van der Waals surface area contributed by atoms with Gasteiger partial charge in [0, 0.05) is 13.1 Å². The van der Waals surface area contributed by atoms with E-state index >= 15 is 0 Å². The van der Waals surface area contributed by atoms with Crippen LogP contribution in [0.3, 0.4) is 0 Å². The number of hydrogen-bond acceptors (Lipinski definition) is 5. The van der Waals surface area contributed by atoms with E-state index in [0.717, 1.165) is 0 Å². The second kappa shape index (κ2) is 5.15. The van der Waals surface area contributed by atoms with Gasteiger partial charge in [-0.25, -0.2) is 0 Å². The number of H-pyrrole nitrogens is 1. The fourth-order valence-corrected chi connectivity index (χ4v) is 1.57. The Morgan fingerprint density at radius 1 is 1.71 bits per heavy atom. The van der Waals surface area contributed by atoms with E-state index in [1.165, 1.54) is 6.20 Å². The van der Waals surface area contributed by atoms with Gasteiger partial charge in [-0.05, 0) is 21.0 Å². The maximum absolute atomic E-state index is 11.7. The Kier molecular flexibility index (Phi) is 4.08.